The predicted molar refractivity (Wildman–Crippen MR) is 60.4 cm³/mol. The van der Waals surface area contributed by atoms with Gasteiger partial charge in [-0.3, -0.25) is 14.5 Å². The van der Waals surface area contributed by atoms with Crippen LogP contribution in [0.25, 0.3) is 0 Å². The molecule has 0 fully saturated rings. The zero-order chi connectivity index (χ0) is 12.0. The first-order valence-corrected chi connectivity index (χ1v) is 5.41. The van der Waals surface area contributed by atoms with Gasteiger partial charge in [-0.15, -0.1) is 0 Å². The van der Waals surface area contributed by atoms with Crippen molar-refractivity contribution in [2.75, 3.05) is 14.1 Å². The second-order valence-electron chi connectivity index (χ2n) is 3.97. The third-order valence-electron chi connectivity index (χ3n) is 2.53. The van der Waals surface area contributed by atoms with Crippen LogP contribution in [0.3, 0.4) is 0 Å². The number of nitrogens with one attached hydrogen (secondary N) is 1. The first-order valence-electron chi connectivity index (χ1n) is 5.41. The number of amides is 1. The van der Waals surface area contributed by atoms with E-state index in [0.29, 0.717) is 6.42 Å². The van der Waals surface area contributed by atoms with Gasteiger partial charge in [0.25, 0.3) is 0 Å². The van der Waals surface area contributed by atoms with E-state index in [1.807, 2.05) is 32.8 Å². The van der Waals surface area contributed by atoms with Gasteiger partial charge in [0.05, 0.1) is 12.1 Å². The van der Waals surface area contributed by atoms with Gasteiger partial charge in [-0.25, -0.2) is 0 Å². The Hall–Kier alpha value is -0.900. The Morgan fingerprint density at radius 1 is 1.20 bits per heavy atom. The second-order valence-corrected chi connectivity index (χ2v) is 3.97. The molecule has 0 aliphatic carbocycles. The van der Waals surface area contributed by atoms with Crippen molar-refractivity contribution in [1.82, 2.24) is 10.2 Å². The van der Waals surface area contributed by atoms with Crippen molar-refractivity contribution >= 4 is 11.7 Å². The molecule has 1 amide bonds. The average molecular weight is 214 g/mol. The normalized spacial score (nSPS) is 14.8. The molecule has 0 aromatic rings. The molecule has 0 saturated heterocycles. The molecule has 4 nitrogen and oxygen atoms in total. The molecule has 0 bridgehead atoms. The third-order valence-corrected chi connectivity index (χ3v) is 2.53. The Balaban J connectivity index is 4.38. The van der Waals surface area contributed by atoms with Crippen LogP contribution in [0.15, 0.2) is 0 Å². The summed E-state index contributed by atoms with van der Waals surface area (Å²) in [5.41, 5.74) is 0. The average Bonchev–Trinajstić information content (AvgIpc) is 2.14. The van der Waals surface area contributed by atoms with Gasteiger partial charge >= 0.3 is 0 Å². The lowest BCUT2D eigenvalue weighted by atomic mass is 10.0. The number of hydrogen-bond donors (Lipinski definition) is 1. The quantitative estimate of drug-likeness (QED) is 0.530. The van der Waals surface area contributed by atoms with Crippen molar-refractivity contribution in [1.29, 1.82) is 0 Å². The topological polar surface area (TPSA) is 49.4 Å². The summed E-state index contributed by atoms with van der Waals surface area (Å²) in [6.45, 7) is 5.31. The number of nitrogens with zero attached hydrogens (tertiary/aromatic N) is 1. The van der Waals surface area contributed by atoms with Crippen LogP contribution in [0, 0.1) is 5.92 Å². The first-order chi connectivity index (χ1) is 6.93. The van der Waals surface area contributed by atoms with E-state index < -0.39 is 5.92 Å². The Morgan fingerprint density at radius 3 is 2.00 bits per heavy atom. The molecule has 0 aliphatic heterocycles. The fourth-order valence-electron chi connectivity index (χ4n) is 1.52. The number of carbonyl (C=O) groups excluding carboxylic acids is 2. The van der Waals surface area contributed by atoms with Crippen molar-refractivity contribution < 1.29 is 9.59 Å². The van der Waals surface area contributed by atoms with Crippen molar-refractivity contribution in [3.8, 4) is 0 Å². The molecule has 88 valence electrons. The summed E-state index contributed by atoms with van der Waals surface area (Å²) >= 11 is 0. The van der Waals surface area contributed by atoms with E-state index in [0.717, 1.165) is 6.42 Å². The van der Waals surface area contributed by atoms with Crippen molar-refractivity contribution in [3.63, 3.8) is 0 Å². The number of rotatable bonds is 6. The molecule has 4 heteroatoms. The van der Waals surface area contributed by atoms with Crippen LogP contribution < -0.4 is 5.32 Å². The Bertz CT molecular complexity index is 227. The van der Waals surface area contributed by atoms with E-state index >= 15 is 0 Å². The molecule has 2 unspecified atom stereocenters. The molecule has 0 radical (unpaired) electrons. The molecule has 2 atom stereocenters. The minimum atomic E-state index is -0.501. The van der Waals surface area contributed by atoms with E-state index in [-0.39, 0.29) is 17.9 Å². The number of hydrogen-bond acceptors (Lipinski definition) is 3. The standard InChI is InChI=1S/C11H22N2O2/c1-6-9(8(3)14)11(15)12-10(7-2)13(4)5/h9-10H,6-7H2,1-5H3,(H,12,15). The highest BCUT2D eigenvalue weighted by Crippen LogP contribution is 2.05. The van der Waals surface area contributed by atoms with Crippen molar-refractivity contribution in [2.45, 2.75) is 39.8 Å². The molecule has 0 saturated carbocycles. The van der Waals surface area contributed by atoms with Gasteiger partial charge in [0, 0.05) is 0 Å². The summed E-state index contributed by atoms with van der Waals surface area (Å²) in [5, 5.41) is 2.86. The lowest BCUT2D eigenvalue weighted by Crippen LogP contribution is -2.47. The maximum absolute atomic E-state index is 11.7. The fourth-order valence-corrected chi connectivity index (χ4v) is 1.52. The maximum atomic E-state index is 11.7. The Kier molecular flexibility index (Phi) is 6.17. The van der Waals surface area contributed by atoms with Crippen molar-refractivity contribution in [3.05, 3.63) is 0 Å². The minimum absolute atomic E-state index is 0.00546. The smallest absolute Gasteiger partial charge is 0.231 e. The summed E-state index contributed by atoms with van der Waals surface area (Å²) in [6, 6.07) is 0. The van der Waals surface area contributed by atoms with Gasteiger partial charge in [0.15, 0.2) is 0 Å². The van der Waals surface area contributed by atoms with E-state index in [1.165, 1.54) is 6.92 Å². The molecular weight excluding hydrogens is 192 g/mol. The van der Waals surface area contributed by atoms with Gasteiger partial charge in [-0.2, -0.15) is 0 Å². The monoisotopic (exact) mass is 214 g/mol. The second kappa shape index (κ2) is 6.56. The third kappa shape index (κ3) is 4.42. The molecule has 15 heavy (non-hydrogen) atoms. The van der Waals surface area contributed by atoms with Gasteiger partial charge in [0.1, 0.15) is 5.78 Å². The zero-order valence-corrected chi connectivity index (χ0v) is 10.3. The summed E-state index contributed by atoms with van der Waals surface area (Å²) in [7, 11) is 3.81. The van der Waals surface area contributed by atoms with E-state index in [1.54, 1.807) is 0 Å². The van der Waals surface area contributed by atoms with Gasteiger partial charge < -0.3 is 5.32 Å². The lowest BCUT2D eigenvalue weighted by Gasteiger charge is -2.25. The van der Waals surface area contributed by atoms with E-state index in [9.17, 15) is 9.59 Å². The molecule has 0 heterocycles. The minimum Gasteiger partial charge on any atom is -0.340 e. The van der Waals surface area contributed by atoms with Crippen LogP contribution in [0.2, 0.25) is 0 Å². The zero-order valence-electron chi connectivity index (χ0n) is 10.3. The molecular formula is C11H22N2O2. The SMILES string of the molecule is CCC(C(C)=O)C(=O)NC(CC)N(C)C. The van der Waals surface area contributed by atoms with Crippen LogP contribution in [0.5, 0.6) is 0 Å². The molecule has 0 spiro atoms. The van der Waals surface area contributed by atoms with Gasteiger partial charge in [-0.1, -0.05) is 13.8 Å². The van der Waals surface area contributed by atoms with E-state index in [4.69, 9.17) is 0 Å². The highest BCUT2D eigenvalue weighted by Gasteiger charge is 2.23. The predicted octanol–water partition coefficient (Wildman–Crippen LogP) is 1.02. The summed E-state index contributed by atoms with van der Waals surface area (Å²) in [4.78, 5) is 24.8. The summed E-state index contributed by atoms with van der Waals surface area (Å²) in [6.07, 6.45) is 1.39. The fraction of sp³-hybridized carbons (Fsp3) is 0.818. The maximum Gasteiger partial charge on any atom is 0.231 e. The highest BCUT2D eigenvalue weighted by molar-refractivity contribution is 6.00. The van der Waals surface area contributed by atoms with Gasteiger partial charge in [-0.05, 0) is 33.9 Å². The summed E-state index contributed by atoms with van der Waals surface area (Å²) < 4.78 is 0. The molecule has 1 N–H and O–H groups in total. The molecule has 0 rings (SSSR count). The Morgan fingerprint density at radius 2 is 1.73 bits per heavy atom. The van der Waals surface area contributed by atoms with Crippen LogP contribution >= 0.6 is 0 Å². The summed E-state index contributed by atoms with van der Waals surface area (Å²) in [5.74, 6) is -0.729. The number of ketones is 1. The lowest BCUT2D eigenvalue weighted by molar-refractivity contribution is -0.134. The Labute approximate surface area is 92.0 Å². The van der Waals surface area contributed by atoms with Crippen LogP contribution in [0.1, 0.15) is 33.6 Å². The molecule has 0 aromatic heterocycles. The largest absolute Gasteiger partial charge is 0.340 e. The molecule has 0 aromatic carbocycles. The van der Waals surface area contributed by atoms with Crippen LogP contribution in [0.4, 0.5) is 0 Å². The highest BCUT2D eigenvalue weighted by atomic mass is 16.2. The number of carbonyl (C=O) groups is 2. The first kappa shape index (κ1) is 14.1. The number of Topliss-reactive ketones (excluding diaryl/α,β-unsaturated/α-hetero) is 1. The molecule has 0 aliphatic rings. The van der Waals surface area contributed by atoms with Gasteiger partial charge in [0.2, 0.25) is 5.91 Å². The van der Waals surface area contributed by atoms with Crippen LogP contribution in [-0.2, 0) is 9.59 Å². The van der Waals surface area contributed by atoms with E-state index in [2.05, 4.69) is 5.32 Å². The van der Waals surface area contributed by atoms with Crippen molar-refractivity contribution in [2.24, 2.45) is 5.92 Å². The van der Waals surface area contributed by atoms with Crippen LogP contribution in [-0.4, -0.2) is 36.9 Å².